The first-order chi connectivity index (χ1) is 15.0. The van der Waals surface area contributed by atoms with Crippen LogP contribution in [0.5, 0.6) is 0 Å². The van der Waals surface area contributed by atoms with E-state index in [0.717, 1.165) is 0 Å². The Bertz CT molecular complexity index is 834. The Morgan fingerprint density at radius 1 is 1.31 bits per heavy atom. The summed E-state index contributed by atoms with van der Waals surface area (Å²) in [5.41, 5.74) is -1.35. The molecule has 2 aliphatic heterocycles. The number of allylic oxidation sites excluding steroid dienone is 3. The second-order valence-electron chi connectivity index (χ2n) is 8.08. The zero-order chi connectivity index (χ0) is 24.1. The Kier molecular flexibility index (Phi) is 8.24. The van der Waals surface area contributed by atoms with Crippen LogP contribution < -0.4 is 0 Å². The standard InChI is InChI=1S/C23H30O9/c1-6-14(3)19-23(21(27)29-5,32-22(28)31-19)11-7-8-13(2)9-10-16(24)18-17(25)12-15(4)30-20(18)26/h7,11,14-15,19,24H,2,6,8-10,12H2,1,3-5H3/b11-7+,18-16+/t14-,15+,19+,23+/m0/s1. The third-order valence-corrected chi connectivity index (χ3v) is 5.60. The number of aliphatic hydroxyl groups excluding tert-OH is 1. The lowest BCUT2D eigenvalue weighted by Gasteiger charge is -2.28. The van der Waals surface area contributed by atoms with Gasteiger partial charge in [0.25, 0.3) is 5.60 Å². The van der Waals surface area contributed by atoms with Gasteiger partial charge in [0.15, 0.2) is 11.9 Å². The number of esters is 2. The fraction of sp³-hybridized carbons (Fsp3) is 0.565. The first-order valence-corrected chi connectivity index (χ1v) is 10.5. The lowest BCUT2D eigenvalue weighted by Crippen LogP contribution is -2.49. The van der Waals surface area contributed by atoms with Gasteiger partial charge in [0.1, 0.15) is 17.4 Å². The lowest BCUT2D eigenvalue weighted by atomic mass is 9.85. The number of Topliss-reactive ketones (excluding diaryl/α,β-unsaturated/α-hetero) is 1. The Morgan fingerprint density at radius 3 is 2.59 bits per heavy atom. The fourth-order valence-electron chi connectivity index (χ4n) is 3.64. The molecule has 32 heavy (non-hydrogen) atoms. The number of methoxy groups -OCH3 is 1. The number of ketones is 1. The Hall–Kier alpha value is -3.10. The van der Waals surface area contributed by atoms with Gasteiger partial charge in [-0.1, -0.05) is 32.1 Å². The normalized spacial score (nSPS) is 28.1. The van der Waals surface area contributed by atoms with Gasteiger partial charge < -0.3 is 24.1 Å². The summed E-state index contributed by atoms with van der Waals surface area (Å²) < 4.78 is 20.3. The first kappa shape index (κ1) is 25.2. The van der Waals surface area contributed by atoms with Gasteiger partial charge in [0, 0.05) is 12.8 Å². The lowest BCUT2D eigenvalue weighted by molar-refractivity contribution is -0.158. The molecule has 2 fully saturated rings. The van der Waals surface area contributed by atoms with Crippen molar-refractivity contribution in [1.29, 1.82) is 0 Å². The minimum atomic E-state index is -1.69. The van der Waals surface area contributed by atoms with E-state index in [0.29, 0.717) is 18.4 Å². The molecule has 0 saturated carbocycles. The number of carbonyl (C=O) groups excluding carboxylic acids is 4. The molecule has 176 valence electrons. The summed E-state index contributed by atoms with van der Waals surface area (Å²) in [4.78, 5) is 48.2. The van der Waals surface area contributed by atoms with E-state index in [9.17, 15) is 24.3 Å². The first-order valence-electron chi connectivity index (χ1n) is 10.5. The molecule has 1 N–H and O–H groups in total. The second-order valence-corrected chi connectivity index (χ2v) is 8.08. The van der Waals surface area contributed by atoms with Crippen molar-refractivity contribution in [2.45, 2.75) is 70.7 Å². The van der Waals surface area contributed by atoms with Gasteiger partial charge in [0.2, 0.25) is 0 Å². The Labute approximate surface area is 187 Å². The van der Waals surface area contributed by atoms with Crippen LogP contribution in [0, 0.1) is 5.92 Å². The van der Waals surface area contributed by atoms with Gasteiger partial charge in [-0.15, -0.1) is 0 Å². The number of aliphatic hydroxyl groups is 1. The van der Waals surface area contributed by atoms with E-state index in [2.05, 4.69) is 6.58 Å². The van der Waals surface area contributed by atoms with Gasteiger partial charge in [-0.05, 0) is 38.2 Å². The molecule has 2 heterocycles. The summed E-state index contributed by atoms with van der Waals surface area (Å²) in [5.74, 6) is -2.52. The van der Waals surface area contributed by atoms with E-state index in [-0.39, 0.29) is 36.5 Å². The van der Waals surface area contributed by atoms with E-state index in [4.69, 9.17) is 18.9 Å². The molecule has 0 aromatic rings. The highest BCUT2D eigenvalue weighted by Gasteiger charge is 2.58. The van der Waals surface area contributed by atoms with Crippen molar-refractivity contribution in [3.8, 4) is 0 Å². The number of rotatable bonds is 9. The summed E-state index contributed by atoms with van der Waals surface area (Å²) in [6, 6.07) is 0. The molecular formula is C23H30O9. The molecule has 0 spiro atoms. The summed E-state index contributed by atoms with van der Waals surface area (Å²) in [7, 11) is 1.20. The predicted octanol–water partition coefficient (Wildman–Crippen LogP) is 3.48. The minimum Gasteiger partial charge on any atom is -0.511 e. The SMILES string of the molecule is C=C(C/C=C/[C@@]1(C(=O)OC)OC(=O)O[C@@H]1[C@@H](C)CC)CC/C(O)=C1/C(=O)C[C@@H](C)OC1=O. The van der Waals surface area contributed by atoms with E-state index < -0.39 is 41.7 Å². The van der Waals surface area contributed by atoms with Crippen LogP contribution in [0.15, 0.2) is 35.6 Å². The van der Waals surface area contributed by atoms with Gasteiger partial charge in [0.05, 0.1) is 7.11 Å². The van der Waals surface area contributed by atoms with Crippen molar-refractivity contribution < 1.29 is 43.2 Å². The van der Waals surface area contributed by atoms with Crippen LogP contribution in [0.2, 0.25) is 0 Å². The molecule has 4 atom stereocenters. The van der Waals surface area contributed by atoms with Crippen molar-refractivity contribution in [2.75, 3.05) is 7.11 Å². The number of hydrogen-bond donors (Lipinski definition) is 1. The maximum atomic E-state index is 12.5. The minimum absolute atomic E-state index is 0.0303. The van der Waals surface area contributed by atoms with Crippen LogP contribution in [0.1, 0.15) is 52.9 Å². The van der Waals surface area contributed by atoms with Crippen molar-refractivity contribution >= 4 is 23.9 Å². The van der Waals surface area contributed by atoms with Crippen LogP contribution in [0.25, 0.3) is 0 Å². The topological polar surface area (TPSA) is 125 Å². The molecule has 0 aromatic heterocycles. The maximum absolute atomic E-state index is 12.5. The molecule has 9 heteroatoms. The number of carbonyl (C=O) groups is 4. The summed E-state index contributed by atoms with van der Waals surface area (Å²) in [6.07, 6.45) is 2.05. The van der Waals surface area contributed by atoms with E-state index in [1.54, 1.807) is 13.0 Å². The van der Waals surface area contributed by atoms with Crippen molar-refractivity contribution in [1.82, 2.24) is 0 Å². The molecular weight excluding hydrogens is 420 g/mol. The molecule has 2 rings (SSSR count). The maximum Gasteiger partial charge on any atom is 0.510 e. The van der Waals surface area contributed by atoms with Crippen molar-refractivity contribution in [3.05, 3.63) is 35.6 Å². The van der Waals surface area contributed by atoms with Gasteiger partial charge in [-0.2, -0.15) is 0 Å². The quantitative estimate of drug-likeness (QED) is 0.140. The van der Waals surface area contributed by atoms with Crippen LogP contribution in [0.4, 0.5) is 4.79 Å². The largest absolute Gasteiger partial charge is 0.511 e. The van der Waals surface area contributed by atoms with Gasteiger partial charge in [-0.25, -0.2) is 14.4 Å². The molecule has 2 aliphatic rings. The number of hydrogen-bond acceptors (Lipinski definition) is 9. The highest BCUT2D eigenvalue weighted by atomic mass is 16.8. The van der Waals surface area contributed by atoms with Crippen LogP contribution in [0.3, 0.4) is 0 Å². The zero-order valence-corrected chi connectivity index (χ0v) is 18.8. The summed E-state index contributed by atoms with van der Waals surface area (Å²) in [6.45, 7) is 9.27. The predicted molar refractivity (Wildman–Crippen MR) is 113 cm³/mol. The molecule has 0 amide bonds. The Morgan fingerprint density at radius 2 is 2.00 bits per heavy atom. The van der Waals surface area contributed by atoms with E-state index in [1.807, 2.05) is 13.8 Å². The highest BCUT2D eigenvalue weighted by Crippen LogP contribution is 2.36. The average molecular weight is 450 g/mol. The van der Waals surface area contributed by atoms with E-state index in [1.165, 1.54) is 13.2 Å². The Balaban J connectivity index is 2.06. The molecule has 0 aromatic carbocycles. The van der Waals surface area contributed by atoms with Gasteiger partial charge >= 0.3 is 18.1 Å². The van der Waals surface area contributed by atoms with Crippen LogP contribution in [-0.2, 0) is 33.3 Å². The third kappa shape index (κ3) is 5.38. The average Bonchev–Trinajstić information content (AvgIpc) is 3.07. The summed E-state index contributed by atoms with van der Waals surface area (Å²) >= 11 is 0. The zero-order valence-electron chi connectivity index (χ0n) is 18.8. The molecule has 0 unspecified atom stereocenters. The third-order valence-electron chi connectivity index (χ3n) is 5.60. The van der Waals surface area contributed by atoms with Crippen LogP contribution >= 0.6 is 0 Å². The smallest absolute Gasteiger partial charge is 0.510 e. The molecule has 0 aliphatic carbocycles. The monoisotopic (exact) mass is 450 g/mol. The number of ether oxygens (including phenoxy) is 4. The van der Waals surface area contributed by atoms with Crippen molar-refractivity contribution in [3.63, 3.8) is 0 Å². The van der Waals surface area contributed by atoms with E-state index >= 15 is 0 Å². The molecule has 2 saturated heterocycles. The molecule has 9 nitrogen and oxygen atoms in total. The molecule has 0 bridgehead atoms. The fourth-order valence-corrected chi connectivity index (χ4v) is 3.64. The number of cyclic esters (lactones) is 3. The molecule has 0 radical (unpaired) electrons. The van der Waals surface area contributed by atoms with Crippen molar-refractivity contribution in [2.24, 2.45) is 5.92 Å². The van der Waals surface area contributed by atoms with Crippen LogP contribution in [-0.4, -0.2) is 53.9 Å². The summed E-state index contributed by atoms with van der Waals surface area (Å²) in [5, 5.41) is 10.2. The highest BCUT2D eigenvalue weighted by molar-refractivity contribution is 6.19. The van der Waals surface area contributed by atoms with Gasteiger partial charge in [-0.3, -0.25) is 4.79 Å². The second kappa shape index (κ2) is 10.5.